The Kier molecular flexibility index (Phi) is 5.37. The number of nitrogens with zero attached hydrogens (tertiary/aromatic N) is 1. The van der Waals surface area contributed by atoms with Crippen molar-refractivity contribution in [2.45, 2.75) is 39.8 Å². The van der Waals surface area contributed by atoms with Crippen molar-refractivity contribution in [1.82, 2.24) is 9.88 Å². The van der Waals surface area contributed by atoms with Crippen molar-refractivity contribution in [2.75, 3.05) is 6.54 Å². The molecule has 26 heavy (non-hydrogen) atoms. The second-order valence-corrected chi connectivity index (χ2v) is 6.81. The molecule has 2 nitrogen and oxygen atoms in total. The number of rotatable bonds is 1. The fourth-order valence-electron chi connectivity index (χ4n) is 3.58. The smallest absolute Gasteiger partial charge is 0.132 e. The highest BCUT2D eigenvalue weighted by atomic mass is 19.1. The summed E-state index contributed by atoms with van der Waals surface area (Å²) in [6, 6.07) is 9.18. The van der Waals surface area contributed by atoms with Crippen LogP contribution in [-0.4, -0.2) is 22.5 Å². The lowest BCUT2D eigenvalue weighted by atomic mass is 9.97. The van der Waals surface area contributed by atoms with E-state index in [1.165, 1.54) is 23.4 Å². The molecule has 0 fully saturated rings. The van der Waals surface area contributed by atoms with Crippen molar-refractivity contribution < 1.29 is 13.2 Å². The van der Waals surface area contributed by atoms with Crippen LogP contribution in [0.2, 0.25) is 0 Å². The zero-order chi connectivity index (χ0) is 18.8. The monoisotopic (exact) mass is 360 g/mol. The molecule has 0 radical (unpaired) electrons. The molecule has 0 saturated carbocycles. The van der Waals surface area contributed by atoms with E-state index in [4.69, 9.17) is 0 Å². The molecule has 1 atom stereocenters. The number of nitrogens with one attached hydrogen (secondary N) is 1. The van der Waals surface area contributed by atoms with E-state index >= 15 is 0 Å². The Balaban J connectivity index is 0.000000185. The molecule has 4 rings (SSSR count). The highest BCUT2D eigenvalue weighted by molar-refractivity contribution is 5.85. The number of hydrogen-bond donors (Lipinski definition) is 1. The molecule has 2 heterocycles. The number of aromatic amines is 1. The van der Waals surface area contributed by atoms with Gasteiger partial charge in [0.15, 0.2) is 0 Å². The molecular weight excluding hydrogens is 337 g/mol. The van der Waals surface area contributed by atoms with Crippen LogP contribution in [-0.2, 0) is 13.0 Å². The second-order valence-electron chi connectivity index (χ2n) is 6.81. The lowest BCUT2D eigenvalue weighted by Crippen LogP contribution is -2.37. The van der Waals surface area contributed by atoms with Crippen molar-refractivity contribution in [3.63, 3.8) is 0 Å². The third-order valence-electron chi connectivity index (χ3n) is 4.86. The van der Waals surface area contributed by atoms with Gasteiger partial charge in [0.25, 0.3) is 0 Å². The normalized spacial score (nSPS) is 16.9. The highest BCUT2D eigenvalue weighted by Crippen LogP contribution is 2.31. The third-order valence-corrected chi connectivity index (χ3v) is 4.86. The Hall–Kier alpha value is -2.27. The molecule has 0 spiro atoms. The third kappa shape index (κ3) is 3.78. The zero-order valence-electron chi connectivity index (χ0n) is 15.2. The van der Waals surface area contributed by atoms with Gasteiger partial charge in [-0.15, -0.1) is 0 Å². The van der Waals surface area contributed by atoms with Gasteiger partial charge in [-0.3, -0.25) is 4.90 Å². The number of benzene rings is 2. The van der Waals surface area contributed by atoms with Gasteiger partial charge < -0.3 is 4.98 Å². The largest absolute Gasteiger partial charge is 0.357 e. The van der Waals surface area contributed by atoms with E-state index in [0.717, 1.165) is 36.5 Å². The van der Waals surface area contributed by atoms with E-state index in [-0.39, 0.29) is 5.82 Å². The first-order valence-electron chi connectivity index (χ1n) is 8.83. The van der Waals surface area contributed by atoms with Crippen molar-refractivity contribution in [2.24, 2.45) is 0 Å². The van der Waals surface area contributed by atoms with Gasteiger partial charge in [-0.05, 0) is 62.2 Å². The number of fused-ring (bicyclic) bond motifs is 3. The van der Waals surface area contributed by atoms with Gasteiger partial charge in [0.1, 0.15) is 17.5 Å². The molecule has 0 saturated heterocycles. The first-order chi connectivity index (χ1) is 12.4. The van der Waals surface area contributed by atoms with Crippen molar-refractivity contribution in [1.29, 1.82) is 0 Å². The van der Waals surface area contributed by atoms with Gasteiger partial charge in [0.05, 0.1) is 0 Å². The summed E-state index contributed by atoms with van der Waals surface area (Å²) < 4.78 is 38.3. The van der Waals surface area contributed by atoms with E-state index in [9.17, 15) is 13.2 Å². The molecule has 0 aliphatic carbocycles. The SMILES string of the molecule is CCN1Cc2[nH]c3cccc(F)c3c2CC1C.Cc1cc(F)cc(F)c1. The van der Waals surface area contributed by atoms with E-state index < -0.39 is 11.6 Å². The van der Waals surface area contributed by atoms with Gasteiger partial charge in [-0.25, -0.2) is 13.2 Å². The Morgan fingerprint density at radius 1 is 1.12 bits per heavy atom. The fourth-order valence-corrected chi connectivity index (χ4v) is 3.58. The molecule has 1 unspecified atom stereocenters. The summed E-state index contributed by atoms with van der Waals surface area (Å²) >= 11 is 0. The minimum absolute atomic E-state index is 0.0999. The molecule has 5 heteroatoms. The quantitative estimate of drug-likeness (QED) is 0.620. The second kappa shape index (κ2) is 7.54. The van der Waals surface area contributed by atoms with Gasteiger partial charge in [-0.2, -0.15) is 0 Å². The summed E-state index contributed by atoms with van der Waals surface area (Å²) in [6.45, 7) is 7.97. The Morgan fingerprint density at radius 3 is 2.42 bits per heavy atom. The minimum atomic E-state index is -0.521. The van der Waals surface area contributed by atoms with Gasteiger partial charge in [-0.1, -0.05) is 13.0 Å². The maximum Gasteiger partial charge on any atom is 0.132 e. The number of aromatic nitrogens is 1. The summed E-state index contributed by atoms with van der Waals surface area (Å²) in [7, 11) is 0. The van der Waals surface area contributed by atoms with Gasteiger partial charge in [0.2, 0.25) is 0 Å². The van der Waals surface area contributed by atoms with Crippen LogP contribution >= 0.6 is 0 Å². The summed E-state index contributed by atoms with van der Waals surface area (Å²) in [5.41, 5.74) is 3.90. The van der Waals surface area contributed by atoms with E-state index in [2.05, 4.69) is 23.7 Å². The summed E-state index contributed by atoms with van der Waals surface area (Å²) in [6.07, 6.45) is 0.935. The molecule has 1 aromatic heterocycles. The van der Waals surface area contributed by atoms with Crippen LogP contribution in [0, 0.1) is 24.4 Å². The molecule has 2 aromatic carbocycles. The van der Waals surface area contributed by atoms with Crippen LogP contribution in [0.5, 0.6) is 0 Å². The summed E-state index contributed by atoms with van der Waals surface area (Å²) in [4.78, 5) is 5.77. The van der Waals surface area contributed by atoms with Crippen LogP contribution in [0.4, 0.5) is 13.2 Å². The van der Waals surface area contributed by atoms with Crippen molar-refractivity contribution in [3.8, 4) is 0 Å². The van der Waals surface area contributed by atoms with E-state index in [1.807, 2.05) is 6.07 Å². The topological polar surface area (TPSA) is 19.0 Å². The molecule has 0 amide bonds. The predicted octanol–water partition coefficient (Wildman–Crippen LogP) is 5.35. The lowest BCUT2D eigenvalue weighted by Gasteiger charge is -2.32. The summed E-state index contributed by atoms with van der Waals surface area (Å²) in [5, 5.41) is 0.796. The number of halogens is 3. The van der Waals surface area contributed by atoms with Crippen LogP contribution in [0.25, 0.3) is 10.9 Å². The number of aryl methyl sites for hydroxylation is 1. The zero-order valence-corrected chi connectivity index (χ0v) is 15.2. The van der Waals surface area contributed by atoms with Crippen molar-refractivity contribution >= 4 is 10.9 Å². The molecule has 3 aromatic rings. The molecular formula is C21H23F3N2. The lowest BCUT2D eigenvalue weighted by molar-refractivity contribution is 0.193. The number of likely N-dealkylation sites (N-methyl/N-ethyl adjacent to an activating group) is 1. The standard InChI is InChI=1S/C14H17FN2.C7H6F2/c1-3-17-8-13-10(7-9(17)2)14-11(15)5-4-6-12(14)16-13;1-5-2-6(8)4-7(9)3-5/h4-6,9,16H,3,7-8H2,1-2H3;2-4H,1H3. The molecule has 1 N–H and O–H groups in total. The molecule has 0 bridgehead atoms. The number of hydrogen-bond acceptors (Lipinski definition) is 1. The molecule has 1 aliphatic rings. The average molecular weight is 360 g/mol. The van der Waals surface area contributed by atoms with Gasteiger partial charge in [0, 0.05) is 35.2 Å². The average Bonchev–Trinajstić information content (AvgIpc) is 2.92. The maximum absolute atomic E-state index is 13.9. The van der Waals surface area contributed by atoms with E-state index in [1.54, 1.807) is 19.1 Å². The van der Waals surface area contributed by atoms with Crippen LogP contribution < -0.4 is 0 Å². The van der Waals surface area contributed by atoms with Crippen LogP contribution in [0.1, 0.15) is 30.7 Å². The Labute approximate surface area is 151 Å². The fraction of sp³-hybridized carbons (Fsp3) is 0.333. The summed E-state index contributed by atoms with van der Waals surface area (Å²) in [5.74, 6) is -1.14. The first kappa shape index (κ1) is 18.5. The predicted molar refractivity (Wildman–Crippen MR) is 98.6 cm³/mol. The first-order valence-corrected chi connectivity index (χ1v) is 8.83. The van der Waals surface area contributed by atoms with Crippen LogP contribution in [0.3, 0.4) is 0 Å². The Bertz CT molecular complexity index is 867. The molecule has 138 valence electrons. The van der Waals surface area contributed by atoms with Crippen molar-refractivity contribution in [3.05, 3.63) is 70.7 Å². The number of H-pyrrole nitrogens is 1. The van der Waals surface area contributed by atoms with Crippen LogP contribution in [0.15, 0.2) is 36.4 Å². The van der Waals surface area contributed by atoms with Gasteiger partial charge >= 0.3 is 0 Å². The maximum atomic E-state index is 13.9. The van der Waals surface area contributed by atoms with E-state index in [0.29, 0.717) is 11.6 Å². The molecule has 1 aliphatic heterocycles. The Morgan fingerprint density at radius 2 is 1.81 bits per heavy atom. The highest BCUT2D eigenvalue weighted by Gasteiger charge is 2.25. The minimum Gasteiger partial charge on any atom is -0.357 e.